The van der Waals surface area contributed by atoms with Crippen molar-refractivity contribution in [3.63, 3.8) is 0 Å². The zero-order valence-corrected chi connectivity index (χ0v) is 13.3. The summed E-state index contributed by atoms with van der Waals surface area (Å²) in [5.41, 5.74) is 1.60. The minimum Gasteiger partial charge on any atom is -0.376 e. The normalized spacial score (nSPS) is 18.7. The lowest BCUT2D eigenvalue weighted by atomic mass is 10.1. The standard InChI is InChI=1S/C16H21N3O4/c1-10(2)23-9-12-8-19(5-6-22-12)15(20)11-3-4-13-14(7-11)18-16(21)17-13/h3-4,7,10,12H,5-6,8-9H2,1-2H3,(H2,17,18,21). The third-order valence-corrected chi connectivity index (χ3v) is 3.80. The number of nitrogens with zero attached hydrogens (tertiary/aromatic N) is 1. The third kappa shape index (κ3) is 3.62. The molecule has 1 aliphatic rings. The zero-order valence-electron chi connectivity index (χ0n) is 13.3. The van der Waals surface area contributed by atoms with Gasteiger partial charge in [-0.15, -0.1) is 0 Å². The van der Waals surface area contributed by atoms with Crippen molar-refractivity contribution in [3.05, 3.63) is 34.2 Å². The summed E-state index contributed by atoms with van der Waals surface area (Å²) in [6.45, 7) is 5.98. The first-order valence-corrected chi connectivity index (χ1v) is 7.77. The molecule has 1 aromatic heterocycles. The van der Waals surface area contributed by atoms with Crippen LogP contribution >= 0.6 is 0 Å². The van der Waals surface area contributed by atoms with Crippen LogP contribution in [0.4, 0.5) is 0 Å². The highest BCUT2D eigenvalue weighted by atomic mass is 16.5. The number of nitrogens with one attached hydrogen (secondary N) is 2. The monoisotopic (exact) mass is 319 g/mol. The Morgan fingerprint density at radius 1 is 1.39 bits per heavy atom. The fourth-order valence-electron chi connectivity index (χ4n) is 2.65. The van der Waals surface area contributed by atoms with Crippen molar-refractivity contribution in [1.82, 2.24) is 14.9 Å². The Hall–Kier alpha value is -2.12. The van der Waals surface area contributed by atoms with Gasteiger partial charge in [-0.1, -0.05) is 0 Å². The first kappa shape index (κ1) is 15.8. The van der Waals surface area contributed by atoms with Crippen LogP contribution in [0.1, 0.15) is 24.2 Å². The van der Waals surface area contributed by atoms with Gasteiger partial charge in [0, 0.05) is 18.7 Å². The van der Waals surface area contributed by atoms with Crippen molar-refractivity contribution in [2.45, 2.75) is 26.1 Å². The van der Waals surface area contributed by atoms with Gasteiger partial charge in [-0.3, -0.25) is 4.79 Å². The molecule has 1 atom stereocenters. The number of amides is 1. The molecule has 1 fully saturated rings. The Morgan fingerprint density at radius 2 is 2.17 bits per heavy atom. The van der Waals surface area contributed by atoms with E-state index in [1.807, 2.05) is 13.8 Å². The van der Waals surface area contributed by atoms with Gasteiger partial charge in [0.1, 0.15) is 0 Å². The summed E-state index contributed by atoms with van der Waals surface area (Å²) in [5.74, 6) is -0.0632. The molecule has 7 heteroatoms. The molecular weight excluding hydrogens is 298 g/mol. The molecule has 7 nitrogen and oxygen atoms in total. The Kier molecular flexibility index (Phi) is 4.49. The molecule has 1 aromatic carbocycles. The quantitative estimate of drug-likeness (QED) is 0.884. The van der Waals surface area contributed by atoms with Crippen LogP contribution in [0, 0.1) is 0 Å². The van der Waals surface area contributed by atoms with Crippen LogP contribution in [-0.2, 0) is 9.47 Å². The number of morpholine rings is 1. The molecule has 3 rings (SSSR count). The maximum Gasteiger partial charge on any atom is 0.323 e. The lowest BCUT2D eigenvalue weighted by Crippen LogP contribution is -2.47. The van der Waals surface area contributed by atoms with Gasteiger partial charge in [-0.25, -0.2) is 4.79 Å². The predicted octanol–water partition coefficient (Wildman–Crippen LogP) is 1.12. The summed E-state index contributed by atoms with van der Waals surface area (Å²) < 4.78 is 11.2. The van der Waals surface area contributed by atoms with E-state index < -0.39 is 0 Å². The van der Waals surface area contributed by atoms with E-state index in [0.29, 0.717) is 42.9 Å². The van der Waals surface area contributed by atoms with Gasteiger partial charge in [0.25, 0.3) is 5.91 Å². The summed E-state index contributed by atoms with van der Waals surface area (Å²) in [7, 11) is 0. The highest BCUT2D eigenvalue weighted by molar-refractivity contribution is 5.97. The van der Waals surface area contributed by atoms with E-state index in [-0.39, 0.29) is 23.8 Å². The minimum atomic E-state index is -0.276. The number of rotatable bonds is 4. The molecule has 1 aliphatic heterocycles. The largest absolute Gasteiger partial charge is 0.376 e. The number of aromatic amines is 2. The van der Waals surface area contributed by atoms with Crippen molar-refractivity contribution in [1.29, 1.82) is 0 Å². The Bertz CT molecular complexity index is 749. The molecule has 1 saturated heterocycles. The van der Waals surface area contributed by atoms with E-state index in [1.54, 1.807) is 23.1 Å². The van der Waals surface area contributed by atoms with E-state index in [4.69, 9.17) is 9.47 Å². The SMILES string of the molecule is CC(C)OCC1CN(C(=O)c2ccc3[nH]c(=O)[nH]c3c2)CCO1. The molecule has 1 amide bonds. The first-order chi connectivity index (χ1) is 11.0. The van der Waals surface area contributed by atoms with Gasteiger partial charge in [0.2, 0.25) is 0 Å². The second-order valence-electron chi connectivity index (χ2n) is 5.97. The molecule has 0 aliphatic carbocycles. The summed E-state index contributed by atoms with van der Waals surface area (Å²) in [5, 5.41) is 0. The van der Waals surface area contributed by atoms with Crippen LogP contribution < -0.4 is 5.69 Å². The van der Waals surface area contributed by atoms with Crippen molar-refractivity contribution in [2.24, 2.45) is 0 Å². The Labute approximate surface area is 133 Å². The van der Waals surface area contributed by atoms with Crippen molar-refractivity contribution < 1.29 is 14.3 Å². The van der Waals surface area contributed by atoms with Crippen LogP contribution in [0.5, 0.6) is 0 Å². The summed E-state index contributed by atoms with van der Waals surface area (Å²) >= 11 is 0. The lowest BCUT2D eigenvalue weighted by molar-refractivity contribution is -0.0725. The van der Waals surface area contributed by atoms with Gasteiger partial charge in [0.05, 0.1) is 36.5 Å². The number of carbonyl (C=O) groups is 1. The van der Waals surface area contributed by atoms with Crippen molar-refractivity contribution >= 4 is 16.9 Å². The minimum absolute atomic E-state index is 0.0632. The molecule has 2 heterocycles. The molecule has 1 unspecified atom stereocenters. The number of aromatic nitrogens is 2. The molecule has 0 spiro atoms. The number of imidazole rings is 1. The van der Waals surface area contributed by atoms with Crippen LogP contribution in [0.3, 0.4) is 0 Å². The van der Waals surface area contributed by atoms with Crippen LogP contribution in [0.15, 0.2) is 23.0 Å². The molecule has 0 bridgehead atoms. The zero-order chi connectivity index (χ0) is 16.4. The predicted molar refractivity (Wildman–Crippen MR) is 85.7 cm³/mol. The first-order valence-electron chi connectivity index (χ1n) is 7.77. The van der Waals surface area contributed by atoms with Crippen LogP contribution in [0.25, 0.3) is 11.0 Å². The van der Waals surface area contributed by atoms with E-state index in [1.165, 1.54) is 0 Å². The van der Waals surface area contributed by atoms with Crippen LogP contribution in [-0.4, -0.2) is 59.3 Å². The highest BCUT2D eigenvalue weighted by Crippen LogP contribution is 2.15. The smallest absolute Gasteiger partial charge is 0.323 e. The second-order valence-corrected chi connectivity index (χ2v) is 5.97. The third-order valence-electron chi connectivity index (χ3n) is 3.80. The fraction of sp³-hybridized carbons (Fsp3) is 0.500. The molecular formula is C16H21N3O4. The number of H-pyrrole nitrogens is 2. The molecule has 0 saturated carbocycles. The van der Waals surface area contributed by atoms with Gasteiger partial charge < -0.3 is 24.3 Å². The Balaban J connectivity index is 1.71. The average Bonchev–Trinajstić information content (AvgIpc) is 2.91. The molecule has 23 heavy (non-hydrogen) atoms. The average molecular weight is 319 g/mol. The maximum absolute atomic E-state index is 12.7. The molecule has 0 radical (unpaired) electrons. The van der Waals surface area contributed by atoms with Crippen molar-refractivity contribution in [3.8, 4) is 0 Å². The van der Waals surface area contributed by atoms with Gasteiger partial charge in [-0.2, -0.15) is 0 Å². The number of fused-ring (bicyclic) bond motifs is 1. The van der Waals surface area contributed by atoms with Gasteiger partial charge in [-0.05, 0) is 32.0 Å². The van der Waals surface area contributed by atoms with E-state index in [0.717, 1.165) is 0 Å². The molecule has 2 N–H and O–H groups in total. The van der Waals surface area contributed by atoms with Crippen molar-refractivity contribution in [2.75, 3.05) is 26.3 Å². The van der Waals surface area contributed by atoms with Crippen LogP contribution in [0.2, 0.25) is 0 Å². The van der Waals surface area contributed by atoms with E-state index in [9.17, 15) is 9.59 Å². The molecule has 124 valence electrons. The molecule has 2 aromatic rings. The van der Waals surface area contributed by atoms with E-state index >= 15 is 0 Å². The second kappa shape index (κ2) is 6.55. The fourth-order valence-corrected chi connectivity index (χ4v) is 2.65. The summed E-state index contributed by atoms with van der Waals surface area (Å²) in [6, 6.07) is 5.16. The topological polar surface area (TPSA) is 87.4 Å². The Morgan fingerprint density at radius 3 is 2.96 bits per heavy atom. The summed E-state index contributed by atoms with van der Waals surface area (Å²) in [6.07, 6.45) is 0.0309. The maximum atomic E-state index is 12.7. The number of ether oxygens (including phenoxy) is 2. The lowest BCUT2D eigenvalue weighted by Gasteiger charge is -2.33. The van der Waals surface area contributed by atoms with Gasteiger partial charge >= 0.3 is 5.69 Å². The number of benzene rings is 1. The highest BCUT2D eigenvalue weighted by Gasteiger charge is 2.25. The number of hydrogen-bond acceptors (Lipinski definition) is 4. The summed E-state index contributed by atoms with van der Waals surface area (Å²) in [4.78, 5) is 31.1. The van der Waals surface area contributed by atoms with E-state index in [2.05, 4.69) is 9.97 Å². The number of carbonyl (C=O) groups excluding carboxylic acids is 1. The van der Waals surface area contributed by atoms with Gasteiger partial charge in [0.15, 0.2) is 0 Å². The number of hydrogen-bond donors (Lipinski definition) is 2.